The lowest BCUT2D eigenvalue weighted by Crippen LogP contribution is -2.64. The molecule has 2 saturated heterocycles. The summed E-state index contributed by atoms with van der Waals surface area (Å²) in [6.07, 6.45) is -16.1. The van der Waals surface area contributed by atoms with Crippen LogP contribution in [0, 0.1) is 0 Å². The smallest absolute Gasteiger partial charge is 0.330 e. The van der Waals surface area contributed by atoms with Crippen molar-refractivity contribution in [2.24, 2.45) is 0 Å². The number of carbonyl (C=O) groups is 1. The number of aliphatic hydroxyl groups is 5. The van der Waals surface area contributed by atoms with Crippen LogP contribution in [0.5, 0.6) is 46.0 Å². The van der Waals surface area contributed by atoms with Crippen molar-refractivity contribution in [2.45, 2.75) is 68.3 Å². The summed E-state index contributed by atoms with van der Waals surface area (Å²) in [5.41, 5.74) is -1.53. The highest BCUT2D eigenvalue weighted by atomic mass is 16.8. The fourth-order valence-electron chi connectivity index (χ4n) is 6.00. The maximum atomic E-state index is 13.9. The molecule has 3 heterocycles. The Kier molecular flexibility index (Phi) is 11.2. The summed E-state index contributed by atoms with van der Waals surface area (Å²) in [5, 5.41) is 124. The molecule has 1 aromatic heterocycles. The van der Waals surface area contributed by atoms with E-state index in [0.29, 0.717) is 5.56 Å². The Balaban J connectivity index is 1.29. The molecule has 0 spiro atoms. The zero-order valence-corrected chi connectivity index (χ0v) is 28.8. The predicted molar refractivity (Wildman–Crippen MR) is 185 cm³/mol. The van der Waals surface area contributed by atoms with E-state index in [9.17, 15) is 70.9 Å². The van der Waals surface area contributed by atoms with Crippen molar-refractivity contribution in [1.29, 1.82) is 0 Å². The van der Waals surface area contributed by atoms with Gasteiger partial charge in [-0.05, 0) is 42.8 Å². The van der Waals surface area contributed by atoms with Gasteiger partial charge in [-0.3, -0.25) is 4.79 Å². The van der Waals surface area contributed by atoms with Gasteiger partial charge in [-0.15, -0.1) is 0 Å². The normalized spacial score (nSPS) is 28.0. The fraction of sp³-hybridized carbons (Fsp3) is 0.333. The summed E-state index contributed by atoms with van der Waals surface area (Å²) in [6, 6.07) is 7.24. The van der Waals surface area contributed by atoms with Crippen molar-refractivity contribution in [3.63, 3.8) is 0 Å². The first-order valence-corrected chi connectivity index (χ1v) is 16.6. The van der Waals surface area contributed by atoms with Crippen molar-refractivity contribution in [2.75, 3.05) is 6.61 Å². The number of aromatic hydroxyl groups is 7. The maximum absolute atomic E-state index is 13.9. The summed E-state index contributed by atoms with van der Waals surface area (Å²) in [7, 11) is 0. The lowest BCUT2D eigenvalue weighted by Gasteiger charge is -2.45. The van der Waals surface area contributed by atoms with E-state index in [4.69, 9.17) is 28.1 Å². The van der Waals surface area contributed by atoms with Gasteiger partial charge >= 0.3 is 5.97 Å². The van der Waals surface area contributed by atoms with E-state index in [0.717, 1.165) is 36.4 Å². The monoisotopic (exact) mass is 788 g/mol. The number of carbonyl (C=O) groups excluding carboxylic acids is 1. The minimum Gasteiger partial charge on any atom is -0.508 e. The van der Waals surface area contributed by atoms with E-state index in [-0.39, 0.29) is 11.3 Å². The van der Waals surface area contributed by atoms with Crippen molar-refractivity contribution < 1.29 is 94.2 Å². The minimum absolute atomic E-state index is 0.298. The van der Waals surface area contributed by atoms with Crippen molar-refractivity contribution in [3.05, 3.63) is 64.3 Å². The number of phenols is 7. The third-order valence-electron chi connectivity index (χ3n) is 9.03. The number of fused-ring (bicyclic) bond motifs is 1. The number of benzene rings is 3. The molecular formula is C36H36O20. The van der Waals surface area contributed by atoms with Gasteiger partial charge in [0, 0.05) is 23.8 Å². The molecule has 0 unspecified atom stereocenters. The van der Waals surface area contributed by atoms with Gasteiger partial charge < -0.3 is 89.4 Å². The van der Waals surface area contributed by atoms with Gasteiger partial charge in [0.25, 0.3) is 0 Å². The van der Waals surface area contributed by atoms with Crippen LogP contribution < -0.4 is 10.2 Å². The van der Waals surface area contributed by atoms with E-state index >= 15 is 0 Å². The molecule has 2 fully saturated rings. The molecule has 4 aromatic rings. The van der Waals surface area contributed by atoms with Gasteiger partial charge in [0.05, 0.1) is 6.10 Å². The van der Waals surface area contributed by atoms with Gasteiger partial charge in [0.1, 0.15) is 65.7 Å². The van der Waals surface area contributed by atoms with Crippen LogP contribution in [0.4, 0.5) is 0 Å². The number of hydrogen-bond donors (Lipinski definition) is 12. The summed E-state index contributed by atoms with van der Waals surface area (Å²) in [5.74, 6) is -7.17. The first-order chi connectivity index (χ1) is 26.4. The lowest BCUT2D eigenvalue weighted by molar-refractivity contribution is -0.355. The second kappa shape index (κ2) is 15.7. The SMILES string of the molecule is C[C@@H]1O[C@@H](Oc2c(-c3cc(O)c(O)c(O)c3)oc3cc(O)cc(O)c3c2=O)[C@H](O[C@@H]2O[C@H](COC(=O)/C=C/c3ccc(O)c(O)c3)[C@@H](O)[C@H](O)[C@H]2O)[C@H](O)[C@H]1O. The molecule has 12 N–H and O–H groups in total. The lowest BCUT2D eigenvalue weighted by atomic mass is 9.97. The minimum atomic E-state index is -2.06. The molecule has 0 radical (unpaired) electrons. The van der Waals surface area contributed by atoms with Gasteiger partial charge in [-0.25, -0.2) is 4.79 Å². The number of rotatable bonds is 9. The standard InChI is InChI=1S/C36H36O20/c1-12-25(44)30(49)34(56-35-31(50)29(48)27(46)22(54-35)11-51-23(43)5-3-13-2-4-16(38)17(39)6-13)36(52-12)55-33-28(47)24-18(40)9-15(37)10-21(24)53-32(33)14-7-19(41)26(45)20(42)8-14/h2-10,12,22,25,27,29-31,34-42,44-46,48-50H,11H2,1H3/b5-3+/t12-,22+,25-,27+,29-,30+,31+,34+,35-,36-/m0/s1. The number of esters is 1. The number of phenolic OH excluding ortho intramolecular Hbond substituents is 7. The van der Waals surface area contributed by atoms with E-state index in [1.165, 1.54) is 25.1 Å². The summed E-state index contributed by atoms with van der Waals surface area (Å²) in [4.78, 5) is 26.4. The third kappa shape index (κ3) is 7.80. The summed E-state index contributed by atoms with van der Waals surface area (Å²) < 4.78 is 33.9. The Morgan fingerprint density at radius 3 is 2.12 bits per heavy atom. The van der Waals surface area contributed by atoms with Gasteiger partial charge in [0.15, 0.2) is 46.9 Å². The Hall–Kier alpha value is -5.84. The fourth-order valence-corrected chi connectivity index (χ4v) is 6.00. The largest absolute Gasteiger partial charge is 0.508 e. The highest BCUT2D eigenvalue weighted by Gasteiger charge is 2.51. The van der Waals surface area contributed by atoms with Crippen molar-refractivity contribution >= 4 is 23.0 Å². The molecule has 3 aromatic carbocycles. The molecule has 2 aliphatic rings. The topological polar surface area (TPSA) is 336 Å². The molecule has 0 aliphatic carbocycles. The molecule has 20 nitrogen and oxygen atoms in total. The quantitative estimate of drug-likeness (QED) is 0.0588. The molecule has 56 heavy (non-hydrogen) atoms. The second-order valence-corrected chi connectivity index (χ2v) is 12.9. The van der Waals surface area contributed by atoms with E-state index in [2.05, 4.69) is 0 Å². The average Bonchev–Trinajstić information content (AvgIpc) is 3.14. The Bertz CT molecular complexity index is 2180. The van der Waals surface area contributed by atoms with Crippen LogP contribution in [-0.2, 0) is 23.7 Å². The van der Waals surface area contributed by atoms with E-state index in [1.54, 1.807) is 0 Å². The molecule has 300 valence electrons. The molecule has 0 bridgehead atoms. The van der Waals surface area contributed by atoms with Crippen molar-refractivity contribution in [3.8, 4) is 57.3 Å². The zero-order valence-electron chi connectivity index (χ0n) is 28.8. The van der Waals surface area contributed by atoms with Crippen LogP contribution in [0.3, 0.4) is 0 Å². The third-order valence-corrected chi connectivity index (χ3v) is 9.03. The molecule has 20 heteroatoms. The molecular weight excluding hydrogens is 752 g/mol. The molecule has 0 amide bonds. The van der Waals surface area contributed by atoms with Crippen LogP contribution in [0.1, 0.15) is 12.5 Å². The van der Waals surface area contributed by atoms with E-state index < -0.39 is 136 Å². The number of ether oxygens (including phenoxy) is 5. The van der Waals surface area contributed by atoms with E-state index in [1.807, 2.05) is 0 Å². The van der Waals surface area contributed by atoms with Crippen LogP contribution in [0.25, 0.3) is 28.4 Å². The highest BCUT2D eigenvalue weighted by Crippen LogP contribution is 2.43. The second-order valence-electron chi connectivity index (χ2n) is 12.9. The van der Waals surface area contributed by atoms with Gasteiger partial charge in [0.2, 0.25) is 17.5 Å². The summed E-state index contributed by atoms with van der Waals surface area (Å²) in [6.45, 7) is 0.579. The first-order valence-electron chi connectivity index (χ1n) is 16.6. The van der Waals surface area contributed by atoms with Gasteiger partial charge in [-0.2, -0.15) is 0 Å². The van der Waals surface area contributed by atoms with Crippen LogP contribution >= 0.6 is 0 Å². The van der Waals surface area contributed by atoms with Crippen LogP contribution in [0.2, 0.25) is 0 Å². The molecule has 0 saturated carbocycles. The van der Waals surface area contributed by atoms with Crippen molar-refractivity contribution in [1.82, 2.24) is 0 Å². The number of aliphatic hydroxyl groups excluding tert-OH is 5. The Labute approximate surface area is 313 Å². The Morgan fingerprint density at radius 1 is 0.750 bits per heavy atom. The average molecular weight is 789 g/mol. The number of hydrogen-bond acceptors (Lipinski definition) is 20. The predicted octanol–water partition coefficient (Wildman–Crippen LogP) is -0.306. The molecule has 6 rings (SSSR count). The molecule has 10 atom stereocenters. The van der Waals surface area contributed by atoms with Gasteiger partial charge in [-0.1, -0.05) is 6.07 Å². The van der Waals surface area contributed by atoms with Crippen LogP contribution in [-0.4, -0.2) is 135 Å². The summed E-state index contributed by atoms with van der Waals surface area (Å²) >= 11 is 0. The first kappa shape index (κ1) is 39.8. The highest BCUT2D eigenvalue weighted by molar-refractivity contribution is 5.89. The maximum Gasteiger partial charge on any atom is 0.330 e. The zero-order chi connectivity index (χ0) is 40.7. The Morgan fingerprint density at radius 2 is 1.45 bits per heavy atom. The van der Waals surface area contributed by atoms with Crippen LogP contribution in [0.15, 0.2) is 57.8 Å². The molecule has 2 aliphatic heterocycles.